The maximum absolute atomic E-state index is 12.9. The van der Waals surface area contributed by atoms with Crippen molar-refractivity contribution in [3.05, 3.63) is 48.6 Å². The van der Waals surface area contributed by atoms with E-state index in [1.807, 2.05) is 6.08 Å². The van der Waals surface area contributed by atoms with E-state index in [-0.39, 0.29) is 5.92 Å². The van der Waals surface area contributed by atoms with Gasteiger partial charge in [0.2, 0.25) is 0 Å². The first kappa shape index (κ1) is 15.5. The van der Waals surface area contributed by atoms with Crippen molar-refractivity contribution in [2.45, 2.75) is 45.4 Å². The maximum Gasteiger partial charge on any atom is 0.163 e. The van der Waals surface area contributed by atoms with Gasteiger partial charge in [0.25, 0.3) is 0 Å². The van der Waals surface area contributed by atoms with Crippen LogP contribution in [0.3, 0.4) is 0 Å². The lowest BCUT2D eigenvalue weighted by molar-refractivity contribution is -0.119. The Labute approximate surface area is 134 Å². The second kappa shape index (κ2) is 6.81. The van der Waals surface area contributed by atoms with Gasteiger partial charge in [-0.15, -0.1) is 6.58 Å². The van der Waals surface area contributed by atoms with Gasteiger partial charge in [-0.3, -0.25) is 4.79 Å². The first-order valence-electron chi connectivity index (χ1n) is 8.98. The van der Waals surface area contributed by atoms with Crippen LogP contribution in [-0.2, 0) is 4.79 Å². The smallest absolute Gasteiger partial charge is 0.163 e. The molecule has 0 aliphatic heterocycles. The van der Waals surface area contributed by atoms with E-state index in [1.54, 1.807) is 0 Å². The summed E-state index contributed by atoms with van der Waals surface area (Å²) in [4.78, 5) is 12.9. The number of carbonyl (C=O) groups excluding carboxylic acids is 1. The first-order valence-corrected chi connectivity index (χ1v) is 8.98. The fraction of sp³-hybridized carbons (Fsp3) is 0.571. The van der Waals surface area contributed by atoms with Crippen molar-refractivity contribution in [1.82, 2.24) is 0 Å². The van der Waals surface area contributed by atoms with Crippen LogP contribution in [0.2, 0.25) is 0 Å². The van der Waals surface area contributed by atoms with Crippen LogP contribution in [0.15, 0.2) is 48.6 Å². The highest BCUT2D eigenvalue weighted by Crippen LogP contribution is 2.58. The third-order valence-electron chi connectivity index (χ3n) is 5.78. The van der Waals surface area contributed by atoms with Crippen LogP contribution in [-0.4, -0.2) is 5.78 Å². The average molecular weight is 296 g/mol. The zero-order valence-electron chi connectivity index (χ0n) is 13.7. The lowest BCUT2D eigenvalue weighted by atomic mass is 9.79. The zero-order chi connectivity index (χ0) is 15.5. The standard InChI is InChI=1S/C21H28O/c1-3-5-6-7-8-9-11-18-17(10-4-2)19-15-12-13-16(14-15)20(19)21(18)22/h4,8-9,11-13,15-17,19-20H,2-3,5-7,10,14H2,1H3/b9-8+,18-11+/t15-,16+,17-,19+,20+/m1/s1. The lowest BCUT2D eigenvalue weighted by Crippen LogP contribution is -2.21. The van der Waals surface area contributed by atoms with Crippen molar-refractivity contribution in [2.24, 2.45) is 29.6 Å². The summed E-state index contributed by atoms with van der Waals surface area (Å²) < 4.78 is 0. The fourth-order valence-corrected chi connectivity index (χ4v) is 4.81. The summed E-state index contributed by atoms with van der Waals surface area (Å²) in [6.07, 6.45) is 20.2. The van der Waals surface area contributed by atoms with Crippen LogP contribution >= 0.6 is 0 Å². The molecular formula is C21H28O. The second-order valence-electron chi connectivity index (χ2n) is 7.09. The van der Waals surface area contributed by atoms with Gasteiger partial charge in [-0.2, -0.15) is 0 Å². The normalized spacial score (nSPS) is 37.6. The molecule has 3 aliphatic rings. The molecule has 118 valence electrons. The van der Waals surface area contributed by atoms with E-state index in [0.29, 0.717) is 29.5 Å². The van der Waals surface area contributed by atoms with E-state index < -0.39 is 0 Å². The van der Waals surface area contributed by atoms with Crippen molar-refractivity contribution < 1.29 is 4.79 Å². The molecule has 0 amide bonds. The van der Waals surface area contributed by atoms with E-state index in [2.05, 4.69) is 43.9 Å². The largest absolute Gasteiger partial charge is 0.294 e. The number of hydrogen-bond donors (Lipinski definition) is 0. The second-order valence-corrected chi connectivity index (χ2v) is 7.09. The molecule has 0 heterocycles. The van der Waals surface area contributed by atoms with E-state index in [0.717, 1.165) is 18.4 Å². The molecule has 5 atom stereocenters. The molecule has 0 aromatic rings. The Morgan fingerprint density at radius 2 is 2.09 bits per heavy atom. The van der Waals surface area contributed by atoms with Crippen molar-refractivity contribution in [3.63, 3.8) is 0 Å². The van der Waals surface area contributed by atoms with Gasteiger partial charge in [-0.25, -0.2) is 0 Å². The minimum absolute atomic E-state index is 0.264. The summed E-state index contributed by atoms with van der Waals surface area (Å²) in [5.74, 6) is 2.76. The summed E-state index contributed by atoms with van der Waals surface area (Å²) in [5, 5.41) is 0. The molecule has 0 N–H and O–H groups in total. The molecule has 1 heteroatoms. The van der Waals surface area contributed by atoms with Gasteiger partial charge in [0, 0.05) is 5.92 Å². The Balaban J connectivity index is 1.73. The Morgan fingerprint density at radius 3 is 2.86 bits per heavy atom. The number of Topliss-reactive ketones (excluding diaryl/α,β-unsaturated/α-hetero) is 1. The minimum atomic E-state index is 0.264. The molecule has 1 nitrogen and oxygen atoms in total. The number of rotatable bonds is 7. The summed E-state index contributed by atoms with van der Waals surface area (Å²) in [5.41, 5.74) is 1.07. The highest BCUT2D eigenvalue weighted by Gasteiger charge is 2.56. The third kappa shape index (κ3) is 2.66. The Hall–Kier alpha value is -1.37. The average Bonchev–Trinajstić information content (AvgIpc) is 3.19. The predicted octanol–water partition coefficient (Wildman–Crippen LogP) is 5.26. The van der Waals surface area contributed by atoms with Crippen LogP contribution in [0, 0.1) is 29.6 Å². The zero-order valence-corrected chi connectivity index (χ0v) is 13.7. The molecule has 0 radical (unpaired) electrons. The summed E-state index contributed by atoms with van der Waals surface area (Å²) in [6.45, 7) is 6.14. The number of ketones is 1. The highest BCUT2D eigenvalue weighted by molar-refractivity contribution is 6.01. The molecular weight excluding hydrogens is 268 g/mol. The van der Waals surface area contributed by atoms with Crippen molar-refractivity contribution in [1.29, 1.82) is 0 Å². The fourth-order valence-electron chi connectivity index (χ4n) is 4.81. The maximum atomic E-state index is 12.9. The van der Waals surface area contributed by atoms with Crippen molar-refractivity contribution in [3.8, 4) is 0 Å². The van der Waals surface area contributed by atoms with Crippen LogP contribution in [0.1, 0.15) is 45.4 Å². The summed E-state index contributed by atoms with van der Waals surface area (Å²) in [6, 6.07) is 0. The van der Waals surface area contributed by atoms with Crippen LogP contribution < -0.4 is 0 Å². The van der Waals surface area contributed by atoms with Crippen LogP contribution in [0.25, 0.3) is 0 Å². The Kier molecular flexibility index (Phi) is 4.81. The van der Waals surface area contributed by atoms with Gasteiger partial charge in [0.05, 0.1) is 0 Å². The predicted molar refractivity (Wildman–Crippen MR) is 92.4 cm³/mol. The summed E-state index contributed by atoms with van der Waals surface area (Å²) in [7, 11) is 0. The quantitative estimate of drug-likeness (QED) is 0.356. The van der Waals surface area contributed by atoms with Crippen LogP contribution in [0.5, 0.6) is 0 Å². The molecule has 0 saturated heterocycles. The van der Waals surface area contributed by atoms with Gasteiger partial charge in [-0.1, -0.05) is 56.2 Å². The van der Waals surface area contributed by atoms with E-state index >= 15 is 0 Å². The monoisotopic (exact) mass is 296 g/mol. The molecule has 0 spiro atoms. The van der Waals surface area contributed by atoms with Crippen LogP contribution in [0.4, 0.5) is 0 Å². The molecule has 2 bridgehead atoms. The highest BCUT2D eigenvalue weighted by atomic mass is 16.1. The number of carbonyl (C=O) groups is 1. The molecule has 3 rings (SSSR count). The molecule has 3 aliphatic carbocycles. The third-order valence-corrected chi connectivity index (χ3v) is 5.78. The lowest BCUT2D eigenvalue weighted by Gasteiger charge is -2.23. The minimum Gasteiger partial charge on any atom is -0.294 e. The van der Waals surface area contributed by atoms with Gasteiger partial charge in [0.1, 0.15) is 0 Å². The Morgan fingerprint density at radius 1 is 1.27 bits per heavy atom. The molecule has 22 heavy (non-hydrogen) atoms. The van der Waals surface area contributed by atoms with Gasteiger partial charge in [0.15, 0.2) is 5.78 Å². The number of allylic oxidation sites excluding steroid dienone is 7. The molecule has 2 fully saturated rings. The van der Waals surface area contributed by atoms with Gasteiger partial charge < -0.3 is 0 Å². The molecule has 2 saturated carbocycles. The summed E-state index contributed by atoms with van der Waals surface area (Å²) >= 11 is 0. The van der Waals surface area contributed by atoms with E-state index in [9.17, 15) is 4.79 Å². The van der Waals surface area contributed by atoms with E-state index in [1.165, 1.54) is 25.7 Å². The SMILES string of the molecule is C=CC[C@@H]1/C(=C\C=C\CCCCC)C(=O)[C@@H]2[C@H]1[C@@H]1C=C[C@H]2C1. The molecule has 0 unspecified atom stereocenters. The van der Waals surface area contributed by atoms with Crippen molar-refractivity contribution in [2.75, 3.05) is 0 Å². The van der Waals surface area contributed by atoms with Gasteiger partial charge >= 0.3 is 0 Å². The van der Waals surface area contributed by atoms with E-state index in [4.69, 9.17) is 0 Å². The first-order chi connectivity index (χ1) is 10.8. The van der Waals surface area contributed by atoms with Crippen molar-refractivity contribution >= 4 is 5.78 Å². The number of hydrogen-bond acceptors (Lipinski definition) is 1. The Bertz CT molecular complexity index is 522. The topological polar surface area (TPSA) is 17.1 Å². The number of unbranched alkanes of at least 4 members (excludes halogenated alkanes) is 3. The number of fused-ring (bicyclic) bond motifs is 5. The molecule has 0 aromatic carbocycles. The van der Waals surface area contributed by atoms with Gasteiger partial charge in [-0.05, 0) is 54.9 Å². The molecule has 0 aromatic heterocycles.